The predicted molar refractivity (Wildman–Crippen MR) is 160 cm³/mol. The van der Waals surface area contributed by atoms with Crippen LogP contribution < -0.4 is 10.0 Å². The first kappa shape index (κ1) is 32.7. The van der Waals surface area contributed by atoms with Crippen LogP contribution in [0.25, 0.3) is 0 Å². The first-order chi connectivity index (χ1) is 19.2. The molecule has 1 amide bonds. The molecule has 11 atom stereocenters. The molecule has 8 nitrogen and oxygen atoms in total. The third kappa shape index (κ3) is 6.82. The van der Waals surface area contributed by atoms with Crippen LogP contribution in [0.3, 0.4) is 0 Å². The number of aliphatic hydroxyl groups is 1. The van der Waals surface area contributed by atoms with E-state index in [1.807, 2.05) is 13.8 Å². The van der Waals surface area contributed by atoms with E-state index in [-0.39, 0.29) is 53.9 Å². The van der Waals surface area contributed by atoms with Gasteiger partial charge in [0.2, 0.25) is 15.9 Å². The van der Waals surface area contributed by atoms with Crippen LogP contribution in [0.1, 0.15) is 105 Å². The minimum absolute atomic E-state index is 0.0368. The third-order valence-electron chi connectivity index (χ3n) is 12.4. The fourth-order valence-electron chi connectivity index (χ4n) is 9.78. The maximum atomic E-state index is 12.5. The predicted octanol–water partition coefficient (Wildman–Crippen LogP) is 4.66. The molecule has 41 heavy (non-hydrogen) atoms. The Kier molecular flexibility index (Phi) is 10.2. The molecular formula is C32H56N2O6S. The molecule has 4 aliphatic carbocycles. The molecule has 4 aliphatic rings. The maximum absolute atomic E-state index is 12.5. The van der Waals surface area contributed by atoms with E-state index in [1.54, 1.807) is 0 Å². The fourth-order valence-corrected chi connectivity index (χ4v) is 10.3. The second kappa shape index (κ2) is 12.8. The summed E-state index contributed by atoms with van der Waals surface area (Å²) in [5.74, 6) is 2.79. The van der Waals surface area contributed by atoms with Crippen molar-refractivity contribution >= 4 is 21.9 Å². The van der Waals surface area contributed by atoms with E-state index in [4.69, 9.17) is 4.74 Å². The molecule has 0 saturated heterocycles. The van der Waals surface area contributed by atoms with Crippen LogP contribution in [0.15, 0.2) is 0 Å². The number of carbonyl (C=O) groups is 2. The van der Waals surface area contributed by atoms with Gasteiger partial charge in [0, 0.05) is 19.5 Å². The van der Waals surface area contributed by atoms with Crippen molar-refractivity contribution < 1.29 is 27.9 Å². The van der Waals surface area contributed by atoms with Crippen LogP contribution >= 0.6 is 0 Å². The smallest absolute Gasteiger partial charge is 0.308 e. The molecule has 236 valence electrons. The number of rotatable bonds is 11. The van der Waals surface area contributed by atoms with Crippen LogP contribution in [0.2, 0.25) is 0 Å². The number of hydrogen-bond donors (Lipinski definition) is 3. The Labute approximate surface area is 248 Å². The number of ether oxygens (including phenoxy) is 1. The quantitative estimate of drug-likeness (QED) is 0.236. The monoisotopic (exact) mass is 596 g/mol. The van der Waals surface area contributed by atoms with E-state index in [9.17, 15) is 23.1 Å². The molecule has 0 heterocycles. The topological polar surface area (TPSA) is 122 Å². The summed E-state index contributed by atoms with van der Waals surface area (Å²) in [6, 6.07) is 0. The minimum atomic E-state index is -3.26. The molecule has 4 saturated carbocycles. The van der Waals surface area contributed by atoms with E-state index < -0.39 is 10.0 Å². The minimum Gasteiger partial charge on any atom is -0.462 e. The number of amides is 1. The number of carbonyl (C=O) groups excluding carboxylic acids is 2. The number of aliphatic hydroxyl groups excluding tert-OH is 1. The van der Waals surface area contributed by atoms with Crippen LogP contribution in [0.5, 0.6) is 0 Å². The average molecular weight is 597 g/mol. The van der Waals surface area contributed by atoms with Crippen molar-refractivity contribution in [3.8, 4) is 0 Å². The van der Waals surface area contributed by atoms with Crippen molar-refractivity contribution in [2.45, 2.75) is 117 Å². The normalized spacial score (nSPS) is 40.0. The molecule has 0 aromatic heterocycles. The highest BCUT2D eigenvalue weighted by molar-refractivity contribution is 7.88. The number of hydrogen-bond acceptors (Lipinski definition) is 6. The van der Waals surface area contributed by atoms with E-state index in [0.717, 1.165) is 57.6 Å². The highest BCUT2D eigenvalue weighted by atomic mass is 32.2. The van der Waals surface area contributed by atoms with Crippen molar-refractivity contribution in [1.29, 1.82) is 0 Å². The molecule has 0 aliphatic heterocycles. The summed E-state index contributed by atoms with van der Waals surface area (Å²) in [4.78, 5) is 24.9. The summed E-state index contributed by atoms with van der Waals surface area (Å²) in [5.41, 5.74) is 0.0704. The van der Waals surface area contributed by atoms with Crippen LogP contribution in [-0.2, 0) is 24.3 Å². The van der Waals surface area contributed by atoms with Gasteiger partial charge in [-0.3, -0.25) is 9.59 Å². The fraction of sp³-hybridized carbons (Fsp3) is 0.938. The van der Waals surface area contributed by atoms with Crippen molar-refractivity contribution in [1.82, 2.24) is 10.0 Å². The third-order valence-corrected chi connectivity index (χ3v) is 13.1. The molecule has 0 bridgehead atoms. The Hall–Kier alpha value is -1.19. The number of nitrogens with one attached hydrogen (secondary N) is 2. The summed E-state index contributed by atoms with van der Waals surface area (Å²) < 4.78 is 30.8. The van der Waals surface area contributed by atoms with Crippen molar-refractivity contribution in [2.24, 2.45) is 52.3 Å². The Morgan fingerprint density at radius 3 is 2.44 bits per heavy atom. The standard InChI is InChI=1S/C32H56N2O6S/c1-7-20(2)30(37)40-23-14-15-31(4)22(18-23)9-10-24-26-12-11-25(32(26,5)28(35)19-27(24)31)21(3)8-13-29(36)33-16-17-34-41(6,38)39/h20-28,34-35H,7-19H2,1-6H3,(H,33,36). The maximum Gasteiger partial charge on any atom is 0.308 e. The molecule has 0 radical (unpaired) electrons. The van der Waals surface area contributed by atoms with Crippen molar-refractivity contribution in [3.05, 3.63) is 0 Å². The Morgan fingerprint density at radius 1 is 1.02 bits per heavy atom. The lowest BCUT2D eigenvalue weighted by Gasteiger charge is -2.62. The van der Waals surface area contributed by atoms with Gasteiger partial charge in [-0.05, 0) is 111 Å². The Morgan fingerprint density at radius 2 is 1.76 bits per heavy atom. The highest BCUT2D eigenvalue weighted by Gasteiger charge is 2.63. The highest BCUT2D eigenvalue weighted by Crippen LogP contribution is 2.68. The Bertz CT molecular complexity index is 1050. The zero-order valence-electron chi connectivity index (χ0n) is 26.3. The lowest BCUT2D eigenvalue weighted by Crippen LogP contribution is -2.59. The summed E-state index contributed by atoms with van der Waals surface area (Å²) in [7, 11) is -3.26. The van der Waals surface area contributed by atoms with Gasteiger partial charge in [-0.1, -0.05) is 34.6 Å². The SMILES string of the molecule is CCC(C)C(=O)OC1CCC2(C)C(CCC3C2CC(O)C2(C)C(C(C)CCC(=O)NCCNS(C)(=O)=O)CCC32)C1. The van der Waals surface area contributed by atoms with E-state index >= 15 is 0 Å². The molecule has 3 N–H and O–H groups in total. The van der Waals surface area contributed by atoms with Crippen LogP contribution in [0, 0.1) is 52.3 Å². The van der Waals surface area contributed by atoms with Gasteiger partial charge in [-0.15, -0.1) is 0 Å². The van der Waals surface area contributed by atoms with E-state index in [2.05, 4.69) is 30.8 Å². The van der Waals surface area contributed by atoms with Gasteiger partial charge in [0.15, 0.2) is 0 Å². The summed E-state index contributed by atoms with van der Waals surface area (Å²) in [6.45, 7) is 11.5. The molecule has 0 aromatic rings. The molecule has 4 rings (SSSR count). The van der Waals surface area contributed by atoms with Gasteiger partial charge in [-0.2, -0.15) is 0 Å². The second-order valence-electron chi connectivity index (χ2n) is 14.6. The van der Waals surface area contributed by atoms with Gasteiger partial charge in [0.25, 0.3) is 0 Å². The van der Waals surface area contributed by atoms with Crippen molar-refractivity contribution in [3.63, 3.8) is 0 Å². The molecule has 0 spiro atoms. The first-order valence-corrected chi connectivity index (χ1v) is 18.2. The lowest BCUT2D eigenvalue weighted by atomic mass is 9.43. The largest absolute Gasteiger partial charge is 0.462 e. The zero-order valence-corrected chi connectivity index (χ0v) is 27.1. The van der Waals surface area contributed by atoms with Crippen LogP contribution in [0.4, 0.5) is 0 Å². The van der Waals surface area contributed by atoms with Gasteiger partial charge >= 0.3 is 5.97 Å². The summed E-state index contributed by atoms with van der Waals surface area (Å²) >= 11 is 0. The summed E-state index contributed by atoms with van der Waals surface area (Å²) in [6.07, 6.45) is 11.3. The van der Waals surface area contributed by atoms with Gasteiger partial charge < -0.3 is 15.2 Å². The lowest BCUT2D eigenvalue weighted by molar-refractivity contribution is -0.183. The molecule has 0 aromatic carbocycles. The zero-order chi connectivity index (χ0) is 30.2. The molecule has 4 fully saturated rings. The van der Waals surface area contributed by atoms with Gasteiger partial charge in [-0.25, -0.2) is 13.1 Å². The van der Waals surface area contributed by atoms with Crippen LogP contribution in [-0.4, -0.2) is 57.0 Å². The Balaban J connectivity index is 1.35. The average Bonchev–Trinajstić information content (AvgIpc) is 3.28. The molecular weight excluding hydrogens is 540 g/mol. The number of esters is 1. The van der Waals surface area contributed by atoms with Gasteiger partial charge in [0.05, 0.1) is 18.3 Å². The number of fused-ring (bicyclic) bond motifs is 5. The molecule has 11 unspecified atom stereocenters. The van der Waals surface area contributed by atoms with Crippen molar-refractivity contribution in [2.75, 3.05) is 19.3 Å². The summed E-state index contributed by atoms with van der Waals surface area (Å²) in [5, 5.41) is 14.7. The second-order valence-corrected chi connectivity index (χ2v) is 16.5. The van der Waals surface area contributed by atoms with E-state index in [1.165, 1.54) is 12.8 Å². The first-order valence-electron chi connectivity index (χ1n) is 16.3. The van der Waals surface area contributed by atoms with E-state index in [0.29, 0.717) is 41.9 Å². The number of sulfonamides is 1. The van der Waals surface area contributed by atoms with Gasteiger partial charge in [0.1, 0.15) is 6.10 Å². The molecule has 9 heteroatoms.